The molecule has 37 heavy (non-hydrogen) atoms. The van der Waals surface area contributed by atoms with Crippen LogP contribution in [0.3, 0.4) is 0 Å². The number of unbranched alkanes of at least 4 members (excludes halogenated alkanes) is 1. The molecule has 0 N–H and O–H groups in total. The summed E-state index contributed by atoms with van der Waals surface area (Å²) in [5.74, 6) is -3.26. The molecule has 1 nitrogen and oxygen atoms in total. The topological polar surface area (TPSA) is 9.23 Å². The van der Waals surface area contributed by atoms with Crippen LogP contribution in [0.25, 0.3) is 11.1 Å². The van der Waals surface area contributed by atoms with E-state index in [1.54, 1.807) is 24.3 Å². The van der Waals surface area contributed by atoms with Crippen LogP contribution < -0.4 is 0 Å². The average Bonchev–Trinajstić information content (AvgIpc) is 2.92. The van der Waals surface area contributed by atoms with Crippen LogP contribution in [-0.4, -0.2) is 6.10 Å². The molecule has 3 aromatic rings. The highest BCUT2D eigenvalue weighted by Gasteiger charge is 2.27. The third kappa shape index (κ3) is 6.43. The van der Waals surface area contributed by atoms with E-state index in [4.69, 9.17) is 4.74 Å². The van der Waals surface area contributed by atoms with Gasteiger partial charge in [0.15, 0.2) is 23.3 Å². The second-order valence-electron chi connectivity index (χ2n) is 10.2. The van der Waals surface area contributed by atoms with E-state index < -0.39 is 23.3 Å². The zero-order chi connectivity index (χ0) is 26.4. The van der Waals surface area contributed by atoms with Gasteiger partial charge in [-0.15, -0.1) is 0 Å². The van der Waals surface area contributed by atoms with E-state index in [1.165, 1.54) is 5.56 Å². The van der Waals surface area contributed by atoms with Gasteiger partial charge in [0.05, 0.1) is 12.7 Å². The van der Waals surface area contributed by atoms with Gasteiger partial charge in [-0.05, 0) is 73.1 Å². The maximum atomic E-state index is 14.9. The molecule has 0 atom stereocenters. The molecule has 1 aliphatic rings. The summed E-state index contributed by atoms with van der Waals surface area (Å²) < 4.78 is 64.9. The van der Waals surface area contributed by atoms with E-state index >= 15 is 0 Å². The molecular weight excluding hydrogens is 476 g/mol. The third-order valence-electron chi connectivity index (χ3n) is 7.55. The summed E-state index contributed by atoms with van der Waals surface area (Å²) in [6.45, 7) is 4.10. The molecule has 0 aliphatic heterocycles. The van der Waals surface area contributed by atoms with Crippen LogP contribution in [0, 0.1) is 23.3 Å². The molecule has 0 heterocycles. The SMILES string of the molecule is CCCCc1ccc(C2CCC(OCc3ccc(-c4ccc(CCC)cc4)c(F)c3F)CC2)c(F)c1F. The van der Waals surface area contributed by atoms with Gasteiger partial charge in [-0.1, -0.05) is 75.2 Å². The predicted molar refractivity (Wildman–Crippen MR) is 141 cm³/mol. The van der Waals surface area contributed by atoms with Crippen molar-refractivity contribution in [2.45, 2.75) is 90.3 Å². The molecular formula is C32H36F4O. The molecule has 0 amide bonds. The van der Waals surface area contributed by atoms with Gasteiger partial charge in [0.25, 0.3) is 0 Å². The lowest BCUT2D eigenvalue weighted by atomic mass is 9.82. The Morgan fingerprint density at radius 1 is 0.676 bits per heavy atom. The lowest BCUT2D eigenvalue weighted by Gasteiger charge is -2.29. The fraction of sp³-hybridized carbons (Fsp3) is 0.438. The minimum Gasteiger partial charge on any atom is -0.373 e. The highest BCUT2D eigenvalue weighted by Crippen LogP contribution is 2.37. The first-order valence-electron chi connectivity index (χ1n) is 13.6. The van der Waals surface area contributed by atoms with E-state index in [0.29, 0.717) is 48.8 Å². The quantitative estimate of drug-likeness (QED) is 0.246. The number of halogens is 4. The van der Waals surface area contributed by atoms with Crippen molar-refractivity contribution in [1.82, 2.24) is 0 Å². The first-order valence-corrected chi connectivity index (χ1v) is 13.6. The molecule has 0 radical (unpaired) electrons. The Balaban J connectivity index is 1.34. The summed E-state index contributed by atoms with van der Waals surface area (Å²) in [5.41, 5.74) is 3.10. The van der Waals surface area contributed by atoms with Crippen LogP contribution >= 0.6 is 0 Å². The van der Waals surface area contributed by atoms with Crippen molar-refractivity contribution in [3.63, 3.8) is 0 Å². The van der Waals surface area contributed by atoms with Crippen LogP contribution in [0.1, 0.15) is 87.0 Å². The highest BCUT2D eigenvalue weighted by atomic mass is 19.2. The van der Waals surface area contributed by atoms with Crippen molar-refractivity contribution in [3.05, 3.63) is 94.1 Å². The van der Waals surface area contributed by atoms with Crippen LogP contribution in [0.4, 0.5) is 17.6 Å². The van der Waals surface area contributed by atoms with Crippen LogP contribution in [0.5, 0.6) is 0 Å². The van der Waals surface area contributed by atoms with Crippen molar-refractivity contribution in [2.24, 2.45) is 0 Å². The average molecular weight is 513 g/mol. The normalized spacial score (nSPS) is 17.8. The lowest BCUT2D eigenvalue weighted by Crippen LogP contribution is -2.22. The summed E-state index contributed by atoms with van der Waals surface area (Å²) in [6, 6.07) is 14.2. The Morgan fingerprint density at radius 3 is 2.03 bits per heavy atom. The Morgan fingerprint density at radius 2 is 1.35 bits per heavy atom. The minimum atomic E-state index is -0.885. The standard InChI is InChI=1S/C32H36F4O/c1-3-5-7-24-14-18-27(31(35)29(24)33)23-12-16-26(17-13-23)37-20-25-15-19-28(32(36)30(25)34)22-10-8-21(6-4-2)9-11-22/h8-11,14-15,18-19,23,26H,3-7,12-13,16-17,20H2,1-2H3. The molecule has 5 heteroatoms. The van der Waals surface area contributed by atoms with E-state index in [2.05, 4.69) is 6.92 Å². The number of hydrogen-bond donors (Lipinski definition) is 0. The molecule has 0 spiro atoms. The van der Waals surface area contributed by atoms with E-state index in [0.717, 1.165) is 25.7 Å². The molecule has 1 saturated carbocycles. The molecule has 1 aliphatic carbocycles. The molecule has 0 aromatic heterocycles. The zero-order valence-electron chi connectivity index (χ0n) is 21.8. The van der Waals surface area contributed by atoms with Crippen LogP contribution in [0.2, 0.25) is 0 Å². The third-order valence-corrected chi connectivity index (χ3v) is 7.55. The number of aryl methyl sites for hydroxylation is 2. The summed E-state index contributed by atoms with van der Waals surface area (Å²) in [6.07, 6.45) is 6.82. The number of rotatable bonds is 10. The van der Waals surface area contributed by atoms with Crippen molar-refractivity contribution in [1.29, 1.82) is 0 Å². The lowest BCUT2D eigenvalue weighted by molar-refractivity contribution is 0.0116. The smallest absolute Gasteiger partial charge is 0.167 e. The molecule has 0 bridgehead atoms. The molecule has 0 saturated heterocycles. The molecule has 3 aromatic carbocycles. The monoisotopic (exact) mass is 512 g/mol. The van der Waals surface area contributed by atoms with Crippen LogP contribution in [0.15, 0.2) is 48.5 Å². The van der Waals surface area contributed by atoms with Gasteiger partial charge in [-0.2, -0.15) is 0 Å². The van der Waals surface area contributed by atoms with Crippen molar-refractivity contribution < 1.29 is 22.3 Å². The van der Waals surface area contributed by atoms with Crippen molar-refractivity contribution in [2.75, 3.05) is 0 Å². The van der Waals surface area contributed by atoms with E-state index in [-0.39, 0.29) is 29.8 Å². The van der Waals surface area contributed by atoms with Gasteiger partial charge in [0.2, 0.25) is 0 Å². The summed E-state index contributed by atoms with van der Waals surface area (Å²) >= 11 is 0. The number of ether oxygens (including phenoxy) is 1. The summed E-state index contributed by atoms with van der Waals surface area (Å²) in [4.78, 5) is 0. The first-order chi connectivity index (χ1) is 17.9. The Bertz CT molecular complexity index is 1180. The Kier molecular flexibility index (Phi) is 9.42. The maximum absolute atomic E-state index is 14.9. The maximum Gasteiger partial charge on any atom is 0.167 e. The fourth-order valence-corrected chi connectivity index (χ4v) is 5.29. The highest BCUT2D eigenvalue weighted by molar-refractivity contribution is 5.65. The largest absolute Gasteiger partial charge is 0.373 e. The predicted octanol–water partition coefficient (Wildman–Crippen LogP) is 9.45. The number of hydrogen-bond acceptors (Lipinski definition) is 1. The fourth-order valence-electron chi connectivity index (χ4n) is 5.29. The van der Waals surface area contributed by atoms with E-state index in [1.807, 2.05) is 31.2 Å². The summed E-state index contributed by atoms with van der Waals surface area (Å²) in [5, 5.41) is 0. The molecule has 0 unspecified atom stereocenters. The molecule has 1 fully saturated rings. The second kappa shape index (κ2) is 12.7. The van der Waals surface area contributed by atoms with Gasteiger partial charge < -0.3 is 4.74 Å². The second-order valence-corrected chi connectivity index (χ2v) is 10.2. The van der Waals surface area contributed by atoms with Gasteiger partial charge in [0.1, 0.15) is 0 Å². The van der Waals surface area contributed by atoms with Gasteiger partial charge in [0, 0.05) is 11.1 Å². The first kappa shape index (κ1) is 27.4. The van der Waals surface area contributed by atoms with E-state index in [9.17, 15) is 17.6 Å². The van der Waals surface area contributed by atoms with Crippen molar-refractivity contribution >= 4 is 0 Å². The number of benzene rings is 3. The Hall–Kier alpha value is -2.66. The minimum absolute atomic E-state index is 0.0249. The van der Waals surface area contributed by atoms with Crippen LogP contribution in [-0.2, 0) is 24.2 Å². The summed E-state index contributed by atoms with van der Waals surface area (Å²) in [7, 11) is 0. The van der Waals surface area contributed by atoms with Gasteiger partial charge >= 0.3 is 0 Å². The van der Waals surface area contributed by atoms with Gasteiger partial charge in [-0.25, -0.2) is 17.6 Å². The molecule has 4 rings (SSSR count). The van der Waals surface area contributed by atoms with Crippen molar-refractivity contribution in [3.8, 4) is 11.1 Å². The zero-order valence-corrected chi connectivity index (χ0v) is 21.8. The molecule has 198 valence electrons. The Labute approximate surface area is 217 Å². The van der Waals surface area contributed by atoms with Gasteiger partial charge in [-0.3, -0.25) is 0 Å².